The molecular formula is C23H29N3O5. The SMILES string of the molecule is CCN(CC)CCOc1ccc(CNC(=O)c2ccc3c(c2)OCC(=O)N3)cc1OC. The van der Waals surface area contributed by atoms with E-state index < -0.39 is 0 Å². The first-order valence-electron chi connectivity index (χ1n) is 10.4. The summed E-state index contributed by atoms with van der Waals surface area (Å²) in [5.74, 6) is 1.35. The highest BCUT2D eigenvalue weighted by molar-refractivity contribution is 5.98. The topological polar surface area (TPSA) is 89.1 Å². The van der Waals surface area contributed by atoms with Gasteiger partial charge in [0.2, 0.25) is 0 Å². The van der Waals surface area contributed by atoms with Gasteiger partial charge in [0.15, 0.2) is 18.1 Å². The summed E-state index contributed by atoms with van der Waals surface area (Å²) >= 11 is 0. The molecule has 2 aromatic carbocycles. The Hall–Kier alpha value is -3.26. The molecule has 166 valence electrons. The number of nitrogens with one attached hydrogen (secondary N) is 2. The highest BCUT2D eigenvalue weighted by Crippen LogP contribution is 2.29. The Morgan fingerprint density at radius 3 is 2.71 bits per heavy atom. The van der Waals surface area contributed by atoms with Gasteiger partial charge in [-0.2, -0.15) is 0 Å². The smallest absolute Gasteiger partial charge is 0.262 e. The lowest BCUT2D eigenvalue weighted by atomic mass is 10.1. The Bertz CT molecular complexity index is 927. The zero-order chi connectivity index (χ0) is 22.2. The fourth-order valence-electron chi connectivity index (χ4n) is 3.27. The van der Waals surface area contributed by atoms with Crippen molar-refractivity contribution in [3.8, 4) is 17.2 Å². The van der Waals surface area contributed by atoms with Crippen LogP contribution in [-0.2, 0) is 11.3 Å². The van der Waals surface area contributed by atoms with Crippen LogP contribution in [0.15, 0.2) is 36.4 Å². The average molecular weight is 428 g/mol. The Balaban J connectivity index is 1.57. The molecule has 0 unspecified atom stereocenters. The molecule has 0 aromatic heterocycles. The van der Waals surface area contributed by atoms with Crippen LogP contribution in [0.2, 0.25) is 0 Å². The van der Waals surface area contributed by atoms with Crippen LogP contribution in [0.4, 0.5) is 5.69 Å². The average Bonchev–Trinajstić information content (AvgIpc) is 2.80. The van der Waals surface area contributed by atoms with Crippen molar-refractivity contribution in [1.29, 1.82) is 0 Å². The van der Waals surface area contributed by atoms with E-state index in [-0.39, 0.29) is 18.4 Å². The Morgan fingerprint density at radius 1 is 1.16 bits per heavy atom. The second kappa shape index (κ2) is 10.7. The molecule has 0 saturated carbocycles. The minimum atomic E-state index is -0.234. The highest BCUT2D eigenvalue weighted by Gasteiger charge is 2.18. The lowest BCUT2D eigenvalue weighted by Crippen LogP contribution is -2.28. The van der Waals surface area contributed by atoms with E-state index in [2.05, 4.69) is 29.4 Å². The summed E-state index contributed by atoms with van der Waals surface area (Å²) in [7, 11) is 1.60. The predicted octanol–water partition coefficient (Wildman–Crippen LogP) is 2.68. The van der Waals surface area contributed by atoms with E-state index in [9.17, 15) is 9.59 Å². The minimum absolute atomic E-state index is 0.0544. The maximum absolute atomic E-state index is 12.5. The number of fused-ring (bicyclic) bond motifs is 1. The van der Waals surface area contributed by atoms with Crippen molar-refractivity contribution in [3.05, 3.63) is 47.5 Å². The molecule has 0 bridgehead atoms. The predicted molar refractivity (Wildman–Crippen MR) is 118 cm³/mol. The molecule has 31 heavy (non-hydrogen) atoms. The van der Waals surface area contributed by atoms with Crippen molar-refractivity contribution in [3.63, 3.8) is 0 Å². The first-order valence-corrected chi connectivity index (χ1v) is 10.4. The monoisotopic (exact) mass is 427 g/mol. The molecule has 0 atom stereocenters. The van der Waals surface area contributed by atoms with Gasteiger partial charge < -0.3 is 29.7 Å². The lowest BCUT2D eigenvalue weighted by Gasteiger charge is -2.19. The fourth-order valence-corrected chi connectivity index (χ4v) is 3.27. The van der Waals surface area contributed by atoms with E-state index in [1.165, 1.54) is 0 Å². The summed E-state index contributed by atoms with van der Waals surface area (Å²) < 4.78 is 16.7. The summed E-state index contributed by atoms with van der Waals surface area (Å²) in [4.78, 5) is 26.2. The number of carbonyl (C=O) groups excluding carboxylic acids is 2. The third kappa shape index (κ3) is 5.88. The zero-order valence-corrected chi connectivity index (χ0v) is 18.2. The van der Waals surface area contributed by atoms with E-state index in [1.807, 2.05) is 18.2 Å². The third-order valence-electron chi connectivity index (χ3n) is 5.12. The van der Waals surface area contributed by atoms with Crippen LogP contribution in [0.3, 0.4) is 0 Å². The van der Waals surface area contributed by atoms with Crippen LogP contribution in [0, 0.1) is 0 Å². The highest BCUT2D eigenvalue weighted by atomic mass is 16.5. The van der Waals surface area contributed by atoms with Crippen LogP contribution in [0.25, 0.3) is 0 Å². The number of anilines is 1. The second-order valence-corrected chi connectivity index (χ2v) is 7.09. The zero-order valence-electron chi connectivity index (χ0n) is 18.2. The van der Waals surface area contributed by atoms with E-state index in [0.29, 0.717) is 41.7 Å². The van der Waals surface area contributed by atoms with Gasteiger partial charge in [-0.05, 0) is 49.0 Å². The lowest BCUT2D eigenvalue weighted by molar-refractivity contribution is -0.118. The number of ether oxygens (including phenoxy) is 3. The number of hydrogen-bond donors (Lipinski definition) is 2. The van der Waals surface area contributed by atoms with E-state index >= 15 is 0 Å². The molecule has 0 spiro atoms. The van der Waals surface area contributed by atoms with Gasteiger partial charge in [0.05, 0.1) is 12.8 Å². The number of methoxy groups -OCH3 is 1. The fraction of sp³-hybridized carbons (Fsp3) is 0.391. The number of likely N-dealkylation sites (N-methyl/N-ethyl adjacent to an activating group) is 1. The Kier molecular flexibility index (Phi) is 7.72. The van der Waals surface area contributed by atoms with Crippen molar-refractivity contribution in [2.45, 2.75) is 20.4 Å². The number of amides is 2. The molecule has 2 amide bonds. The molecule has 8 nitrogen and oxygen atoms in total. The van der Waals surface area contributed by atoms with Gasteiger partial charge in [-0.1, -0.05) is 19.9 Å². The van der Waals surface area contributed by atoms with Crippen LogP contribution < -0.4 is 24.8 Å². The summed E-state index contributed by atoms with van der Waals surface area (Å²) in [5.41, 5.74) is 1.91. The van der Waals surface area contributed by atoms with Crippen molar-refractivity contribution < 1.29 is 23.8 Å². The van der Waals surface area contributed by atoms with Gasteiger partial charge in [0, 0.05) is 18.7 Å². The molecule has 0 aliphatic carbocycles. The molecule has 2 N–H and O–H groups in total. The van der Waals surface area contributed by atoms with E-state index in [1.54, 1.807) is 25.3 Å². The van der Waals surface area contributed by atoms with Crippen molar-refractivity contribution in [2.75, 3.05) is 45.3 Å². The summed E-state index contributed by atoms with van der Waals surface area (Å²) in [6.45, 7) is 7.94. The largest absolute Gasteiger partial charge is 0.493 e. The molecule has 0 fully saturated rings. The minimum Gasteiger partial charge on any atom is -0.493 e. The molecule has 1 aliphatic heterocycles. The normalized spacial score (nSPS) is 12.6. The van der Waals surface area contributed by atoms with E-state index in [0.717, 1.165) is 25.2 Å². The van der Waals surface area contributed by atoms with Crippen LogP contribution >= 0.6 is 0 Å². The van der Waals surface area contributed by atoms with Gasteiger partial charge in [-0.15, -0.1) is 0 Å². The van der Waals surface area contributed by atoms with Crippen LogP contribution in [0.1, 0.15) is 29.8 Å². The molecule has 2 aromatic rings. The number of carbonyl (C=O) groups is 2. The Labute approximate surface area is 182 Å². The van der Waals surface area contributed by atoms with Crippen molar-refractivity contribution in [2.24, 2.45) is 0 Å². The molecule has 3 rings (SSSR count). The summed E-state index contributed by atoms with van der Waals surface area (Å²) in [6, 6.07) is 10.6. The maximum atomic E-state index is 12.5. The van der Waals surface area contributed by atoms with Gasteiger partial charge in [0.25, 0.3) is 11.8 Å². The van der Waals surface area contributed by atoms with Crippen LogP contribution in [0.5, 0.6) is 17.2 Å². The number of benzene rings is 2. The van der Waals surface area contributed by atoms with Crippen LogP contribution in [-0.4, -0.2) is 56.7 Å². The van der Waals surface area contributed by atoms with Gasteiger partial charge in [0.1, 0.15) is 12.4 Å². The van der Waals surface area contributed by atoms with Gasteiger partial charge >= 0.3 is 0 Å². The number of rotatable bonds is 10. The first-order chi connectivity index (χ1) is 15.0. The second-order valence-electron chi connectivity index (χ2n) is 7.09. The van der Waals surface area contributed by atoms with Gasteiger partial charge in [-0.25, -0.2) is 0 Å². The summed E-state index contributed by atoms with van der Waals surface area (Å²) in [5, 5.41) is 5.59. The van der Waals surface area contributed by atoms with Gasteiger partial charge in [-0.3, -0.25) is 9.59 Å². The maximum Gasteiger partial charge on any atom is 0.262 e. The third-order valence-corrected chi connectivity index (χ3v) is 5.12. The molecule has 1 aliphatic rings. The molecule has 1 heterocycles. The quantitative estimate of drug-likeness (QED) is 0.606. The number of nitrogens with zero attached hydrogens (tertiary/aromatic N) is 1. The first kappa shape index (κ1) is 22.4. The van der Waals surface area contributed by atoms with E-state index in [4.69, 9.17) is 14.2 Å². The summed E-state index contributed by atoms with van der Waals surface area (Å²) in [6.07, 6.45) is 0. The standard InChI is InChI=1S/C23H29N3O5/c1-4-26(5-2)10-11-30-19-9-6-16(12-21(19)29-3)14-24-23(28)17-7-8-18-20(13-17)31-15-22(27)25-18/h6-9,12-13H,4-5,10-11,14-15H2,1-3H3,(H,24,28)(H,25,27). The van der Waals surface area contributed by atoms with Crippen molar-refractivity contribution in [1.82, 2.24) is 10.2 Å². The molecule has 8 heteroatoms. The molecular weight excluding hydrogens is 398 g/mol. The van der Waals surface area contributed by atoms with Crippen molar-refractivity contribution >= 4 is 17.5 Å². The Morgan fingerprint density at radius 2 is 1.97 bits per heavy atom. The molecule has 0 saturated heterocycles. The number of hydrogen-bond acceptors (Lipinski definition) is 6. The molecule has 0 radical (unpaired) electrons.